The van der Waals surface area contributed by atoms with Gasteiger partial charge >= 0.3 is 5.97 Å². The van der Waals surface area contributed by atoms with Gasteiger partial charge in [0, 0.05) is 13.0 Å². The molecule has 0 aromatic heterocycles. The fourth-order valence-electron chi connectivity index (χ4n) is 2.85. The first-order valence-electron chi connectivity index (χ1n) is 7.33. The zero-order chi connectivity index (χ0) is 14.5. The van der Waals surface area contributed by atoms with Crippen LogP contribution in [0.1, 0.15) is 45.4 Å². The van der Waals surface area contributed by atoms with E-state index in [0.29, 0.717) is 12.5 Å². The molecular weight excluding hydrogens is 260 g/mol. The number of amides is 1. The lowest BCUT2D eigenvalue weighted by molar-refractivity contribution is -0.131. The zero-order valence-corrected chi connectivity index (χ0v) is 11.8. The van der Waals surface area contributed by atoms with Gasteiger partial charge in [0.15, 0.2) is 5.71 Å². The number of nitrogens with one attached hydrogen (secondary N) is 1. The first-order chi connectivity index (χ1) is 9.60. The Morgan fingerprint density at radius 3 is 2.50 bits per heavy atom. The van der Waals surface area contributed by atoms with Gasteiger partial charge in [-0.2, -0.15) is 0 Å². The molecule has 6 heteroatoms. The van der Waals surface area contributed by atoms with E-state index >= 15 is 0 Å². The Kier molecular flexibility index (Phi) is 4.98. The number of carboxylic acid groups (broad SMARTS) is 1. The molecule has 1 aliphatic carbocycles. The molecule has 0 aromatic rings. The second-order valence-electron chi connectivity index (χ2n) is 5.68. The molecule has 1 atom stereocenters. The third kappa shape index (κ3) is 3.71. The van der Waals surface area contributed by atoms with Crippen LogP contribution in [-0.2, 0) is 14.4 Å². The predicted molar refractivity (Wildman–Crippen MR) is 73.3 cm³/mol. The number of rotatable bonds is 5. The standard InChI is InChI=1S/C14H22N2O4/c1-2-9-3-5-10(6-4-9)8-15-13(17)12-7-11(14(18)19)16-20-12/h9-10,12H,2-8H2,1H3,(H,15,17)(H,18,19). The maximum atomic E-state index is 11.9. The normalized spacial score (nSPS) is 29.4. The third-order valence-corrected chi connectivity index (χ3v) is 4.32. The van der Waals surface area contributed by atoms with Crippen molar-refractivity contribution in [3.05, 3.63) is 0 Å². The molecule has 2 aliphatic rings. The fraction of sp³-hybridized carbons (Fsp3) is 0.786. The van der Waals surface area contributed by atoms with E-state index in [1.807, 2.05) is 0 Å². The summed E-state index contributed by atoms with van der Waals surface area (Å²) in [5.74, 6) is -0.0181. The number of aliphatic carboxylic acids is 1. The van der Waals surface area contributed by atoms with Crippen LogP contribution in [0.4, 0.5) is 0 Å². The lowest BCUT2D eigenvalue weighted by Gasteiger charge is -2.28. The topological polar surface area (TPSA) is 88.0 Å². The Labute approximate surface area is 118 Å². The Morgan fingerprint density at radius 2 is 1.95 bits per heavy atom. The highest BCUT2D eigenvalue weighted by Crippen LogP contribution is 2.30. The molecular formula is C14H22N2O4. The summed E-state index contributed by atoms with van der Waals surface area (Å²) in [5.41, 5.74) is -0.0893. The van der Waals surface area contributed by atoms with Crippen LogP contribution in [0.15, 0.2) is 5.16 Å². The number of nitrogens with zero attached hydrogens (tertiary/aromatic N) is 1. The van der Waals surface area contributed by atoms with E-state index in [0.717, 1.165) is 18.8 Å². The van der Waals surface area contributed by atoms with Gasteiger partial charge in [0.05, 0.1) is 0 Å². The van der Waals surface area contributed by atoms with Crippen LogP contribution in [0.25, 0.3) is 0 Å². The van der Waals surface area contributed by atoms with Gasteiger partial charge in [-0.3, -0.25) is 4.79 Å². The summed E-state index contributed by atoms with van der Waals surface area (Å²) in [6.07, 6.45) is 5.29. The molecule has 112 valence electrons. The van der Waals surface area contributed by atoms with Crippen molar-refractivity contribution < 1.29 is 19.5 Å². The molecule has 2 rings (SSSR count). The van der Waals surface area contributed by atoms with E-state index < -0.39 is 12.1 Å². The van der Waals surface area contributed by atoms with Crippen molar-refractivity contribution in [3.63, 3.8) is 0 Å². The monoisotopic (exact) mass is 282 g/mol. The number of carbonyl (C=O) groups is 2. The van der Waals surface area contributed by atoms with Crippen molar-refractivity contribution in [2.24, 2.45) is 17.0 Å². The van der Waals surface area contributed by atoms with Crippen LogP contribution in [-0.4, -0.2) is 35.3 Å². The molecule has 1 saturated carbocycles. The average Bonchev–Trinajstić information content (AvgIpc) is 2.95. The van der Waals surface area contributed by atoms with Crippen LogP contribution in [0.2, 0.25) is 0 Å². The van der Waals surface area contributed by atoms with E-state index in [1.165, 1.54) is 19.3 Å². The van der Waals surface area contributed by atoms with Gasteiger partial charge in [0.1, 0.15) is 0 Å². The van der Waals surface area contributed by atoms with Gasteiger partial charge in [-0.1, -0.05) is 31.3 Å². The molecule has 6 nitrogen and oxygen atoms in total. The van der Waals surface area contributed by atoms with Crippen LogP contribution in [0.5, 0.6) is 0 Å². The number of carboxylic acids is 1. The molecule has 1 aliphatic heterocycles. The lowest BCUT2D eigenvalue weighted by Crippen LogP contribution is -2.38. The predicted octanol–water partition coefficient (Wildman–Crippen LogP) is 1.55. The lowest BCUT2D eigenvalue weighted by atomic mass is 9.81. The summed E-state index contributed by atoms with van der Waals surface area (Å²) >= 11 is 0. The Hall–Kier alpha value is -1.59. The van der Waals surface area contributed by atoms with E-state index in [4.69, 9.17) is 9.94 Å². The fourth-order valence-corrected chi connectivity index (χ4v) is 2.85. The minimum absolute atomic E-state index is 0.0454. The van der Waals surface area contributed by atoms with Crippen molar-refractivity contribution in [1.29, 1.82) is 0 Å². The minimum Gasteiger partial charge on any atom is -0.477 e. The highest BCUT2D eigenvalue weighted by atomic mass is 16.6. The summed E-state index contributed by atoms with van der Waals surface area (Å²) in [6, 6.07) is 0. The second kappa shape index (κ2) is 6.72. The number of oxime groups is 1. The van der Waals surface area contributed by atoms with Gasteiger partial charge in [-0.05, 0) is 24.7 Å². The Bertz CT molecular complexity index is 400. The highest BCUT2D eigenvalue weighted by molar-refractivity contribution is 6.36. The van der Waals surface area contributed by atoms with Crippen molar-refractivity contribution >= 4 is 17.6 Å². The van der Waals surface area contributed by atoms with Crippen molar-refractivity contribution in [2.75, 3.05) is 6.54 Å². The molecule has 1 fully saturated rings. The molecule has 2 N–H and O–H groups in total. The molecule has 1 unspecified atom stereocenters. The average molecular weight is 282 g/mol. The highest BCUT2D eigenvalue weighted by Gasteiger charge is 2.31. The quantitative estimate of drug-likeness (QED) is 0.800. The second-order valence-corrected chi connectivity index (χ2v) is 5.68. The molecule has 0 spiro atoms. The number of carbonyl (C=O) groups excluding carboxylic acids is 1. The van der Waals surface area contributed by atoms with E-state index in [1.54, 1.807) is 0 Å². The molecule has 0 aromatic carbocycles. The summed E-state index contributed by atoms with van der Waals surface area (Å²) in [6.45, 7) is 2.88. The maximum absolute atomic E-state index is 11.9. The zero-order valence-electron chi connectivity index (χ0n) is 11.8. The maximum Gasteiger partial charge on any atom is 0.353 e. The van der Waals surface area contributed by atoms with E-state index in [2.05, 4.69) is 17.4 Å². The van der Waals surface area contributed by atoms with Crippen molar-refractivity contribution in [2.45, 2.75) is 51.6 Å². The third-order valence-electron chi connectivity index (χ3n) is 4.32. The Morgan fingerprint density at radius 1 is 1.30 bits per heavy atom. The van der Waals surface area contributed by atoms with Crippen LogP contribution in [0.3, 0.4) is 0 Å². The van der Waals surface area contributed by atoms with Gasteiger partial charge in [0.2, 0.25) is 6.10 Å². The molecule has 0 radical (unpaired) electrons. The SMILES string of the molecule is CCC1CCC(CNC(=O)C2CC(C(=O)O)=NO2)CC1. The smallest absolute Gasteiger partial charge is 0.353 e. The summed E-state index contributed by atoms with van der Waals surface area (Å²) in [7, 11) is 0. The van der Waals surface area contributed by atoms with Gasteiger partial charge in [-0.25, -0.2) is 4.79 Å². The first kappa shape index (κ1) is 14.8. The van der Waals surface area contributed by atoms with Gasteiger partial charge < -0.3 is 15.3 Å². The molecule has 1 amide bonds. The summed E-state index contributed by atoms with van der Waals surface area (Å²) in [4.78, 5) is 27.4. The molecule has 1 heterocycles. The van der Waals surface area contributed by atoms with E-state index in [9.17, 15) is 9.59 Å². The summed E-state index contributed by atoms with van der Waals surface area (Å²) < 4.78 is 0. The largest absolute Gasteiger partial charge is 0.477 e. The molecule has 20 heavy (non-hydrogen) atoms. The Balaban J connectivity index is 1.68. The van der Waals surface area contributed by atoms with Crippen LogP contribution < -0.4 is 5.32 Å². The number of hydrogen-bond acceptors (Lipinski definition) is 4. The van der Waals surface area contributed by atoms with Gasteiger partial charge in [-0.15, -0.1) is 0 Å². The first-order valence-corrected chi connectivity index (χ1v) is 7.33. The number of hydrogen-bond donors (Lipinski definition) is 2. The molecule has 0 saturated heterocycles. The molecule has 0 bridgehead atoms. The summed E-state index contributed by atoms with van der Waals surface area (Å²) in [5, 5.41) is 15.0. The van der Waals surface area contributed by atoms with Gasteiger partial charge in [0.25, 0.3) is 5.91 Å². The van der Waals surface area contributed by atoms with Crippen molar-refractivity contribution in [3.8, 4) is 0 Å². The van der Waals surface area contributed by atoms with Crippen LogP contribution >= 0.6 is 0 Å². The van der Waals surface area contributed by atoms with Crippen molar-refractivity contribution in [1.82, 2.24) is 5.32 Å². The van der Waals surface area contributed by atoms with E-state index in [-0.39, 0.29) is 18.0 Å². The van der Waals surface area contributed by atoms with Crippen LogP contribution in [0, 0.1) is 11.8 Å². The minimum atomic E-state index is -1.13.